The molecule has 1 aromatic rings. The molecule has 1 N–H and O–H groups in total. The second kappa shape index (κ2) is 5.69. The van der Waals surface area contributed by atoms with Gasteiger partial charge in [-0.2, -0.15) is 4.31 Å². The highest BCUT2D eigenvalue weighted by Crippen LogP contribution is 2.28. The molecule has 0 aliphatic rings. The van der Waals surface area contributed by atoms with Gasteiger partial charge in [-0.25, -0.2) is 8.42 Å². The Bertz CT molecular complexity index is 540. The monoisotopic (exact) mass is 335 g/mol. The van der Waals surface area contributed by atoms with E-state index in [1.807, 2.05) is 13.8 Å². The molecule has 1 rings (SSSR count). The van der Waals surface area contributed by atoms with E-state index in [4.69, 9.17) is 5.11 Å². The zero-order chi connectivity index (χ0) is 14.1. The lowest BCUT2D eigenvalue weighted by Gasteiger charge is -2.22. The molecule has 102 valence electrons. The van der Waals surface area contributed by atoms with Crippen molar-refractivity contribution in [2.75, 3.05) is 7.05 Å². The summed E-state index contributed by atoms with van der Waals surface area (Å²) in [6.45, 7) is 5.19. The number of rotatable bonds is 4. The molecule has 0 amide bonds. The minimum Gasteiger partial charge on any atom is -0.392 e. The predicted octanol–water partition coefficient (Wildman–Crippen LogP) is 2.28. The Balaban J connectivity index is 3.45. The van der Waals surface area contributed by atoms with E-state index in [2.05, 4.69) is 15.9 Å². The van der Waals surface area contributed by atoms with Crippen LogP contribution in [0.3, 0.4) is 0 Å². The predicted molar refractivity (Wildman–Crippen MR) is 74.9 cm³/mol. The van der Waals surface area contributed by atoms with Crippen molar-refractivity contribution in [2.45, 2.75) is 38.3 Å². The van der Waals surface area contributed by atoms with E-state index in [-0.39, 0.29) is 17.5 Å². The van der Waals surface area contributed by atoms with E-state index in [9.17, 15) is 8.42 Å². The fourth-order valence-corrected chi connectivity index (χ4v) is 3.80. The van der Waals surface area contributed by atoms with Crippen LogP contribution in [0.2, 0.25) is 0 Å². The summed E-state index contributed by atoms with van der Waals surface area (Å²) < 4.78 is 26.9. The van der Waals surface area contributed by atoms with Crippen LogP contribution >= 0.6 is 15.9 Å². The summed E-state index contributed by atoms with van der Waals surface area (Å²) in [6, 6.07) is 3.13. The van der Waals surface area contributed by atoms with E-state index < -0.39 is 10.0 Å². The quantitative estimate of drug-likeness (QED) is 0.918. The van der Waals surface area contributed by atoms with Crippen molar-refractivity contribution in [1.29, 1.82) is 0 Å². The van der Waals surface area contributed by atoms with E-state index in [1.54, 1.807) is 20.0 Å². The topological polar surface area (TPSA) is 57.6 Å². The zero-order valence-electron chi connectivity index (χ0n) is 10.9. The summed E-state index contributed by atoms with van der Waals surface area (Å²) >= 11 is 3.32. The summed E-state index contributed by atoms with van der Waals surface area (Å²) in [5.74, 6) is 0. The minimum absolute atomic E-state index is 0.119. The molecule has 0 saturated heterocycles. The maximum atomic E-state index is 12.4. The van der Waals surface area contributed by atoms with Crippen molar-refractivity contribution in [3.05, 3.63) is 27.7 Å². The highest BCUT2D eigenvalue weighted by atomic mass is 79.9. The van der Waals surface area contributed by atoms with Gasteiger partial charge in [0.05, 0.1) is 11.5 Å². The van der Waals surface area contributed by atoms with Gasteiger partial charge in [-0.3, -0.25) is 0 Å². The van der Waals surface area contributed by atoms with Gasteiger partial charge in [-0.15, -0.1) is 0 Å². The van der Waals surface area contributed by atoms with Crippen LogP contribution in [0, 0.1) is 6.92 Å². The number of hydrogen-bond acceptors (Lipinski definition) is 3. The maximum Gasteiger partial charge on any atom is 0.243 e. The van der Waals surface area contributed by atoms with E-state index in [0.29, 0.717) is 15.6 Å². The second-order valence-corrected chi connectivity index (χ2v) is 7.29. The standard InChI is InChI=1S/C12H18BrNO3S/c1-8(2)14(4)18(16,17)12-6-10(7-15)5-11(13)9(12)3/h5-6,8,15H,7H2,1-4H3. The van der Waals surface area contributed by atoms with E-state index in [1.165, 1.54) is 10.4 Å². The Morgan fingerprint density at radius 2 is 1.94 bits per heavy atom. The van der Waals surface area contributed by atoms with Crippen LogP contribution in [0.25, 0.3) is 0 Å². The third-order valence-corrected chi connectivity index (χ3v) is 5.91. The average Bonchev–Trinajstić information content (AvgIpc) is 2.30. The average molecular weight is 336 g/mol. The molecule has 0 aliphatic carbocycles. The van der Waals surface area contributed by atoms with Crippen LogP contribution in [0.4, 0.5) is 0 Å². The largest absolute Gasteiger partial charge is 0.392 e. The van der Waals surface area contributed by atoms with Crippen molar-refractivity contribution >= 4 is 26.0 Å². The van der Waals surface area contributed by atoms with Crippen LogP contribution in [-0.2, 0) is 16.6 Å². The molecule has 0 bridgehead atoms. The first kappa shape index (κ1) is 15.6. The van der Waals surface area contributed by atoms with Gasteiger partial charge in [0.1, 0.15) is 0 Å². The Hall–Kier alpha value is -0.430. The van der Waals surface area contributed by atoms with Crippen molar-refractivity contribution in [1.82, 2.24) is 4.31 Å². The first-order chi connectivity index (χ1) is 8.21. The third kappa shape index (κ3) is 2.93. The molecule has 0 aliphatic heterocycles. The molecule has 0 fully saturated rings. The van der Waals surface area contributed by atoms with Gasteiger partial charge in [0.15, 0.2) is 0 Å². The molecule has 0 spiro atoms. The summed E-state index contributed by atoms with van der Waals surface area (Å²) in [6.07, 6.45) is 0. The number of halogens is 1. The van der Waals surface area contributed by atoms with E-state index in [0.717, 1.165) is 0 Å². The zero-order valence-corrected chi connectivity index (χ0v) is 13.3. The number of hydrogen-bond donors (Lipinski definition) is 1. The molecule has 1 aromatic carbocycles. The number of sulfonamides is 1. The summed E-state index contributed by atoms with van der Waals surface area (Å²) in [4.78, 5) is 0.233. The first-order valence-electron chi connectivity index (χ1n) is 5.59. The van der Waals surface area contributed by atoms with Gasteiger partial charge in [-0.05, 0) is 44.0 Å². The van der Waals surface area contributed by atoms with Crippen molar-refractivity contribution < 1.29 is 13.5 Å². The smallest absolute Gasteiger partial charge is 0.243 e. The maximum absolute atomic E-state index is 12.4. The van der Waals surface area contributed by atoms with Gasteiger partial charge >= 0.3 is 0 Å². The SMILES string of the molecule is Cc1c(Br)cc(CO)cc1S(=O)(=O)N(C)C(C)C. The lowest BCUT2D eigenvalue weighted by atomic mass is 10.2. The van der Waals surface area contributed by atoms with Crippen LogP contribution in [0.5, 0.6) is 0 Å². The van der Waals surface area contributed by atoms with Crippen molar-refractivity contribution in [3.8, 4) is 0 Å². The highest BCUT2D eigenvalue weighted by Gasteiger charge is 2.26. The lowest BCUT2D eigenvalue weighted by molar-refractivity contribution is 0.281. The van der Waals surface area contributed by atoms with Crippen molar-refractivity contribution in [2.24, 2.45) is 0 Å². The number of aliphatic hydroxyl groups is 1. The lowest BCUT2D eigenvalue weighted by Crippen LogP contribution is -2.33. The molecular weight excluding hydrogens is 318 g/mol. The number of aliphatic hydroxyl groups excluding tert-OH is 1. The summed E-state index contributed by atoms with van der Waals surface area (Å²) in [7, 11) is -1.98. The van der Waals surface area contributed by atoms with Crippen LogP contribution in [0.15, 0.2) is 21.5 Å². The molecule has 18 heavy (non-hydrogen) atoms. The molecule has 6 heteroatoms. The Labute approximate surface area is 117 Å². The fraction of sp³-hybridized carbons (Fsp3) is 0.500. The Morgan fingerprint density at radius 1 is 1.39 bits per heavy atom. The molecule has 0 aromatic heterocycles. The Kier molecular flexibility index (Phi) is 4.94. The van der Waals surface area contributed by atoms with Crippen molar-refractivity contribution in [3.63, 3.8) is 0 Å². The Morgan fingerprint density at radius 3 is 2.39 bits per heavy atom. The molecule has 0 saturated carbocycles. The molecule has 0 heterocycles. The van der Waals surface area contributed by atoms with Gasteiger partial charge in [0.25, 0.3) is 0 Å². The van der Waals surface area contributed by atoms with Gasteiger partial charge in [0, 0.05) is 17.6 Å². The van der Waals surface area contributed by atoms with Gasteiger partial charge in [0.2, 0.25) is 10.0 Å². The normalized spacial score (nSPS) is 12.4. The summed E-state index contributed by atoms with van der Waals surface area (Å²) in [5, 5.41) is 9.16. The third-order valence-electron chi connectivity index (χ3n) is 2.92. The minimum atomic E-state index is -3.53. The summed E-state index contributed by atoms with van der Waals surface area (Å²) in [5.41, 5.74) is 1.22. The number of benzene rings is 1. The molecule has 0 atom stereocenters. The van der Waals surface area contributed by atoms with E-state index >= 15 is 0 Å². The second-order valence-electron chi connectivity index (χ2n) is 4.47. The molecule has 4 nitrogen and oxygen atoms in total. The van der Waals surface area contributed by atoms with Crippen LogP contribution in [0.1, 0.15) is 25.0 Å². The van der Waals surface area contributed by atoms with Crippen LogP contribution in [-0.4, -0.2) is 30.9 Å². The molecule has 0 radical (unpaired) electrons. The molecular formula is C12H18BrNO3S. The number of nitrogens with zero attached hydrogens (tertiary/aromatic N) is 1. The van der Waals surface area contributed by atoms with Gasteiger partial charge < -0.3 is 5.11 Å². The van der Waals surface area contributed by atoms with Gasteiger partial charge in [-0.1, -0.05) is 15.9 Å². The molecule has 0 unspecified atom stereocenters. The first-order valence-corrected chi connectivity index (χ1v) is 7.83. The highest BCUT2D eigenvalue weighted by molar-refractivity contribution is 9.10. The fourth-order valence-electron chi connectivity index (χ4n) is 1.50. The van der Waals surface area contributed by atoms with Crippen LogP contribution < -0.4 is 0 Å².